The average Bonchev–Trinajstić information content (AvgIpc) is 1.35. The zero-order chi connectivity index (χ0) is 62.9. The molecular formula is C63H62N6O18S2. The highest BCUT2D eigenvalue weighted by Gasteiger charge is 2.63. The van der Waals surface area contributed by atoms with Crippen molar-refractivity contribution in [3.05, 3.63) is 91.5 Å². The number of benzene rings is 4. The molecule has 0 spiro atoms. The molecule has 4 aromatic carbocycles. The predicted octanol–water partition coefficient (Wildman–Crippen LogP) is 5.82. The summed E-state index contributed by atoms with van der Waals surface area (Å²) in [4.78, 5) is 82.6. The smallest absolute Gasteiger partial charge is 0.375 e. The van der Waals surface area contributed by atoms with Gasteiger partial charge in [-0.2, -0.15) is 10.5 Å². The molecule has 89 heavy (non-hydrogen) atoms. The molecule has 8 bridgehead atoms. The van der Waals surface area contributed by atoms with Crippen LogP contribution in [-0.4, -0.2) is 156 Å². The van der Waals surface area contributed by atoms with Gasteiger partial charge in [-0.25, -0.2) is 9.59 Å². The second kappa shape index (κ2) is 22.7. The Hall–Kier alpha value is -8.24. The van der Waals surface area contributed by atoms with Gasteiger partial charge in [0.1, 0.15) is 36.8 Å². The van der Waals surface area contributed by atoms with Crippen molar-refractivity contribution in [2.45, 2.75) is 125 Å². The summed E-state index contributed by atoms with van der Waals surface area (Å²) >= 11 is 2.41. The number of hydrogen-bond acceptors (Lipinski definition) is 26. The number of Topliss-reactive ketones (excluding diaryl/α,β-unsaturated/α-hetero) is 2. The van der Waals surface area contributed by atoms with Gasteiger partial charge in [0.2, 0.25) is 25.2 Å². The molecule has 24 nitrogen and oxygen atoms in total. The summed E-state index contributed by atoms with van der Waals surface area (Å²) in [7, 11) is 3.01. The molecule has 26 heteroatoms. The number of nitriles is 2. The van der Waals surface area contributed by atoms with Crippen molar-refractivity contribution in [3.63, 3.8) is 0 Å². The van der Waals surface area contributed by atoms with Gasteiger partial charge in [-0.3, -0.25) is 33.9 Å². The number of esters is 4. The molecule has 0 aliphatic carbocycles. The van der Waals surface area contributed by atoms with Gasteiger partial charge in [0, 0.05) is 89.1 Å². The molecule has 10 aliphatic heterocycles. The number of methoxy groups -OCH3 is 2. The molecule has 464 valence electrons. The minimum absolute atomic E-state index is 0.00609. The topological polar surface area (TPSA) is 305 Å². The number of fused-ring (bicyclic) bond motifs is 18. The third-order valence-electron chi connectivity index (χ3n) is 18.7. The molecule has 4 fully saturated rings. The standard InChI is InChI=1S/C33H33N3O9S.C30H29N3O9S/c1-6-7-35-18-9-17-8-14(2)28(41-5)27(39)22(17)25(35)26-32-24-23(31-30(43-13-44-31)15(3)29(24)45-16(4)37)20(36(26)19(18)10-34)11-42-33(40)21(38)12-46-32;1-11-5-14-6-15-16(7-31)33-17-8-39-30(37)18(35)9-43-29(23(33)22(32-15)19(14)24(36)25(11)38-4)21-20(17)28-27(40-10-41-28)12(2)26(21)42-13(3)34/h6,8,18-20,25-26,32,39H,1,7,9,11-13H2,2-5H3;5,15-17,22-23,29,32,36H,6,8-10H2,1-4H3/t18-,19-,20-,25+,26?,32+;15-,16-,17-,22+,23?,29+/m00/s1. The number of ether oxygens (including phenoxy) is 10. The lowest BCUT2D eigenvalue weighted by atomic mass is 9.71. The quantitative estimate of drug-likeness (QED) is 0.0887. The number of ketones is 2. The Labute approximate surface area is 519 Å². The van der Waals surface area contributed by atoms with Crippen LogP contribution in [0.2, 0.25) is 0 Å². The van der Waals surface area contributed by atoms with Gasteiger partial charge >= 0.3 is 23.9 Å². The number of cyclic esters (lactones) is 2. The molecule has 10 aliphatic rings. The zero-order valence-corrected chi connectivity index (χ0v) is 51.3. The highest BCUT2D eigenvalue weighted by atomic mass is 32.2. The van der Waals surface area contributed by atoms with Crippen LogP contribution in [0.1, 0.15) is 115 Å². The van der Waals surface area contributed by atoms with Crippen molar-refractivity contribution in [1.29, 1.82) is 10.5 Å². The highest BCUT2D eigenvalue weighted by Crippen LogP contribution is 2.66. The summed E-state index contributed by atoms with van der Waals surface area (Å²) in [6.45, 7) is 13.7. The second-order valence-corrected chi connectivity index (χ2v) is 25.7. The van der Waals surface area contributed by atoms with Crippen LogP contribution in [0, 0.1) is 50.4 Å². The third-order valence-corrected chi connectivity index (χ3v) is 21.3. The molecule has 0 radical (unpaired) electrons. The molecule has 10 heterocycles. The maximum atomic E-state index is 13.0. The lowest BCUT2D eigenvalue weighted by Gasteiger charge is -2.62. The molecule has 4 aromatic rings. The monoisotopic (exact) mass is 1250 g/mol. The van der Waals surface area contributed by atoms with Crippen LogP contribution in [-0.2, 0) is 51.1 Å². The summed E-state index contributed by atoms with van der Waals surface area (Å²) < 4.78 is 58.0. The summed E-state index contributed by atoms with van der Waals surface area (Å²) in [5.74, 6) is -1.87. The fraction of sp³-hybridized carbons (Fsp3) is 0.460. The van der Waals surface area contributed by atoms with Crippen molar-refractivity contribution in [2.24, 2.45) is 0 Å². The van der Waals surface area contributed by atoms with Crippen LogP contribution in [0.5, 0.6) is 57.5 Å². The van der Waals surface area contributed by atoms with Crippen LogP contribution in [0.3, 0.4) is 0 Å². The van der Waals surface area contributed by atoms with E-state index in [1.807, 2.05) is 30.9 Å². The Kier molecular flexibility index (Phi) is 15.2. The predicted molar refractivity (Wildman–Crippen MR) is 314 cm³/mol. The number of phenolic OH excluding ortho intramolecular Hbond substituents is 2. The van der Waals surface area contributed by atoms with Crippen molar-refractivity contribution in [3.8, 4) is 69.6 Å². The van der Waals surface area contributed by atoms with Crippen LogP contribution in [0.15, 0.2) is 24.8 Å². The van der Waals surface area contributed by atoms with E-state index in [0.717, 1.165) is 22.3 Å². The molecule has 4 saturated heterocycles. The number of rotatable bonds is 6. The number of aryl methyl sites for hydroxylation is 2. The van der Waals surface area contributed by atoms with Gasteiger partial charge in [-0.1, -0.05) is 18.2 Å². The van der Waals surface area contributed by atoms with Crippen LogP contribution in [0.25, 0.3) is 0 Å². The first-order valence-corrected chi connectivity index (χ1v) is 31.1. The first-order chi connectivity index (χ1) is 42.8. The van der Waals surface area contributed by atoms with Gasteiger partial charge in [-0.15, -0.1) is 30.1 Å². The van der Waals surface area contributed by atoms with E-state index >= 15 is 0 Å². The summed E-state index contributed by atoms with van der Waals surface area (Å²) in [6, 6.07) is 3.23. The minimum Gasteiger partial charge on any atom is -0.504 e. The first-order valence-electron chi connectivity index (χ1n) is 29.0. The van der Waals surface area contributed by atoms with Crippen molar-refractivity contribution < 1.29 is 86.3 Å². The van der Waals surface area contributed by atoms with Crippen LogP contribution < -0.4 is 43.2 Å². The SMILES string of the molecule is C=CCN1[C@@H]2c3c(cc(C)c(OC)c3O)C[C@H]1[C@H](C#N)N1C2[C@@H]2SCC(=O)C(=O)OC[C@H]1c1c3c(c(C)c(OC(C)=O)c12)OCO3.COc1c(C)cc2c(c1O)[C@H]1N[C@@H](C2)[C@H](C#N)N2C1[C@@H]1SCC(=O)C(=O)OC[C@H]2c2c3c(c(C)c(OC(C)=O)c21)OCO3. The summed E-state index contributed by atoms with van der Waals surface area (Å²) in [5, 5.41) is 47.4. The molecule has 0 aromatic heterocycles. The van der Waals surface area contributed by atoms with E-state index in [2.05, 4.69) is 33.8 Å². The van der Waals surface area contributed by atoms with Crippen molar-refractivity contribution >= 4 is 59.0 Å². The average molecular weight is 1260 g/mol. The number of carbonyl (C=O) groups is 6. The number of piperazine rings is 2. The van der Waals surface area contributed by atoms with E-state index in [4.69, 9.17) is 47.4 Å². The van der Waals surface area contributed by atoms with E-state index in [1.54, 1.807) is 19.9 Å². The largest absolute Gasteiger partial charge is 0.504 e. The molecular weight excluding hydrogens is 1190 g/mol. The van der Waals surface area contributed by atoms with Gasteiger partial charge in [0.15, 0.2) is 46.0 Å². The Morgan fingerprint density at radius 1 is 0.663 bits per heavy atom. The van der Waals surface area contributed by atoms with Gasteiger partial charge in [0.05, 0.1) is 72.5 Å². The molecule has 12 atom stereocenters. The van der Waals surface area contributed by atoms with E-state index in [-0.39, 0.29) is 73.4 Å². The second-order valence-electron chi connectivity index (χ2n) is 23.4. The minimum atomic E-state index is -0.957. The molecule has 0 saturated carbocycles. The Morgan fingerprint density at radius 3 is 1.62 bits per heavy atom. The fourth-order valence-electron chi connectivity index (χ4n) is 15.6. The lowest BCUT2D eigenvalue weighted by molar-refractivity contribution is -0.157. The summed E-state index contributed by atoms with van der Waals surface area (Å²) in [6.07, 6.45) is 2.69. The van der Waals surface area contributed by atoms with Crippen LogP contribution in [0.4, 0.5) is 0 Å². The Balaban J connectivity index is 0.000000164. The van der Waals surface area contributed by atoms with Gasteiger partial charge in [-0.05, 0) is 62.8 Å². The number of phenols is 2. The third kappa shape index (κ3) is 9.06. The number of thioether (sulfide) groups is 2. The fourth-order valence-corrected chi connectivity index (χ4v) is 18.3. The normalized spacial score (nSPS) is 28.2. The zero-order valence-electron chi connectivity index (χ0n) is 49.7. The number of aromatic hydroxyl groups is 2. The molecule has 14 rings (SSSR count). The van der Waals surface area contributed by atoms with Crippen molar-refractivity contribution in [2.75, 3.05) is 59.1 Å². The molecule has 2 unspecified atom stereocenters. The number of nitrogens with one attached hydrogen (secondary N) is 1. The lowest BCUT2D eigenvalue weighted by Crippen LogP contribution is -2.70. The summed E-state index contributed by atoms with van der Waals surface area (Å²) in [5.41, 5.74) is 8.15. The molecule has 0 amide bonds. The maximum absolute atomic E-state index is 13.0. The van der Waals surface area contributed by atoms with Gasteiger partial charge in [0.25, 0.3) is 0 Å². The van der Waals surface area contributed by atoms with E-state index in [9.17, 15) is 49.5 Å². The van der Waals surface area contributed by atoms with E-state index in [0.29, 0.717) is 98.4 Å². The van der Waals surface area contributed by atoms with E-state index < -0.39 is 94.3 Å². The van der Waals surface area contributed by atoms with Crippen molar-refractivity contribution in [1.82, 2.24) is 20.0 Å². The van der Waals surface area contributed by atoms with Crippen LogP contribution >= 0.6 is 23.5 Å². The number of nitrogens with zero attached hydrogens (tertiary/aromatic N) is 5. The maximum Gasteiger partial charge on any atom is 0.375 e. The Bertz CT molecular complexity index is 3900. The number of hydrogen-bond donors (Lipinski definition) is 3. The highest BCUT2D eigenvalue weighted by molar-refractivity contribution is 8.00. The molecule has 3 N–H and O–H groups in total. The van der Waals surface area contributed by atoms with E-state index in [1.165, 1.54) is 51.6 Å². The number of carbonyl (C=O) groups excluding carboxylic acids is 6. The van der Waals surface area contributed by atoms with Gasteiger partial charge < -0.3 is 62.9 Å². The first kappa shape index (κ1) is 59.7. The Morgan fingerprint density at radius 2 is 1.13 bits per heavy atom.